The summed E-state index contributed by atoms with van der Waals surface area (Å²) in [6.07, 6.45) is -0.593. The molecule has 1 aromatic carbocycles. The Hall–Kier alpha value is -1.59. The fourth-order valence-corrected chi connectivity index (χ4v) is 3.69. The van der Waals surface area contributed by atoms with Crippen LogP contribution in [-0.4, -0.2) is 48.4 Å². The molecular weight excluding hydrogens is 280 g/mol. The summed E-state index contributed by atoms with van der Waals surface area (Å²) >= 11 is 0. The van der Waals surface area contributed by atoms with E-state index < -0.39 is 6.16 Å². The monoisotopic (exact) mass is 304 g/mol. The zero-order valence-electron chi connectivity index (χ0n) is 13.3. The van der Waals surface area contributed by atoms with Gasteiger partial charge < -0.3 is 9.57 Å². The van der Waals surface area contributed by atoms with Gasteiger partial charge in [-0.25, -0.2) is 4.79 Å². The van der Waals surface area contributed by atoms with Gasteiger partial charge in [0.1, 0.15) is 0 Å². The SMILES string of the molecule is CCOC(=O)ON1CC2C(C)CN(Cc3ccccc3)C2C1. The fraction of sp³-hybridized carbons (Fsp3) is 0.588. The Kier molecular flexibility index (Phi) is 4.64. The molecule has 0 bridgehead atoms. The van der Waals surface area contributed by atoms with Gasteiger partial charge in [0.2, 0.25) is 0 Å². The molecule has 2 fully saturated rings. The van der Waals surface area contributed by atoms with Crippen LogP contribution in [0.2, 0.25) is 0 Å². The van der Waals surface area contributed by atoms with E-state index in [0.717, 1.165) is 26.2 Å². The Bertz CT molecular complexity index is 508. The minimum Gasteiger partial charge on any atom is -0.433 e. The maximum Gasteiger partial charge on any atom is 0.527 e. The van der Waals surface area contributed by atoms with Crippen LogP contribution in [0.15, 0.2) is 30.3 Å². The number of likely N-dealkylation sites (tertiary alicyclic amines) is 1. The van der Waals surface area contributed by atoms with Crippen molar-refractivity contribution < 1.29 is 14.4 Å². The van der Waals surface area contributed by atoms with Gasteiger partial charge in [-0.15, -0.1) is 5.06 Å². The van der Waals surface area contributed by atoms with E-state index in [-0.39, 0.29) is 0 Å². The number of hydroxylamine groups is 2. The molecule has 2 heterocycles. The average molecular weight is 304 g/mol. The van der Waals surface area contributed by atoms with Crippen molar-refractivity contribution in [2.45, 2.75) is 26.4 Å². The van der Waals surface area contributed by atoms with Crippen LogP contribution in [0, 0.1) is 11.8 Å². The molecule has 3 atom stereocenters. The summed E-state index contributed by atoms with van der Waals surface area (Å²) in [5.74, 6) is 1.17. The van der Waals surface area contributed by atoms with E-state index in [1.165, 1.54) is 5.56 Å². The normalized spacial score (nSPS) is 28.5. The van der Waals surface area contributed by atoms with E-state index in [1.54, 1.807) is 12.0 Å². The number of nitrogens with zero attached hydrogens (tertiary/aromatic N) is 2. The molecule has 0 N–H and O–H groups in total. The number of rotatable bonds is 4. The Morgan fingerprint density at radius 3 is 2.73 bits per heavy atom. The zero-order chi connectivity index (χ0) is 15.5. The number of benzene rings is 1. The molecule has 3 rings (SSSR count). The molecule has 0 aromatic heterocycles. The maximum absolute atomic E-state index is 11.5. The summed E-state index contributed by atoms with van der Waals surface area (Å²) in [4.78, 5) is 19.3. The molecule has 2 aliphatic heterocycles. The lowest BCUT2D eigenvalue weighted by molar-refractivity contribution is -0.118. The first kappa shape index (κ1) is 15.3. The van der Waals surface area contributed by atoms with E-state index in [4.69, 9.17) is 9.57 Å². The molecule has 3 unspecified atom stereocenters. The summed E-state index contributed by atoms with van der Waals surface area (Å²) in [5, 5.41) is 1.76. The molecule has 2 saturated heterocycles. The fourth-order valence-electron chi connectivity index (χ4n) is 3.69. The van der Waals surface area contributed by atoms with Gasteiger partial charge in [0.15, 0.2) is 0 Å². The predicted octanol–water partition coefficient (Wildman–Crippen LogP) is 2.53. The minimum absolute atomic E-state index is 0.343. The van der Waals surface area contributed by atoms with E-state index in [0.29, 0.717) is 24.5 Å². The first-order chi connectivity index (χ1) is 10.7. The van der Waals surface area contributed by atoms with Crippen LogP contribution in [0.25, 0.3) is 0 Å². The topological polar surface area (TPSA) is 42.0 Å². The summed E-state index contributed by atoms with van der Waals surface area (Å²) in [6, 6.07) is 11.0. The van der Waals surface area contributed by atoms with Gasteiger partial charge in [-0.1, -0.05) is 37.3 Å². The lowest BCUT2D eigenvalue weighted by Crippen LogP contribution is -2.35. The van der Waals surface area contributed by atoms with Crippen LogP contribution >= 0.6 is 0 Å². The molecule has 22 heavy (non-hydrogen) atoms. The summed E-state index contributed by atoms with van der Waals surface area (Å²) in [6.45, 7) is 8.05. The zero-order valence-corrected chi connectivity index (χ0v) is 13.3. The molecule has 0 spiro atoms. The highest BCUT2D eigenvalue weighted by atomic mass is 16.8. The molecule has 0 aliphatic carbocycles. The summed E-state index contributed by atoms with van der Waals surface area (Å²) in [7, 11) is 0. The van der Waals surface area contributed by atoms with Gasteiger partial charge in [-0.05, 0) is 24.3 Å². The summed E-state index contributed by atoms with van der Waals surface area (Å²) in [5.41, 5.74) is 1.33. The third kappa shape index (κ3) is 3.25. The molecule has 120 valence electrons. The number of hydrogen-bond donors (Lipinski definition) is 0. The van der Waals surface area contributed by atoms with Gasteiger partial charge in [0, 0.05) is 25.7 Å². The van der Waals surface area contributed by atoms with Crippen molar-refractivity contribution in [1.82, 2.24) is 9.96 Å². The lowest BCUT2D eigenvalue weighted by Gasteiger charge is -2.24. The quantitative estimate of drug-likeness (QED) is 0.800. The first-order valence-electron chi connectivity index (χ1n) is 8.05. The second-order valence-electron chi connectivity index (χ2n) is 6.24. The second-order valence-corrected chi connectivity index (χ2v) is 6.24. The van der Waals surface area contributed by atoms with Gasteiger partial charge in [-0.3, -0.25) is 4.90 Å². The predicted molar refractivity (Wildman–Crippen MR) is 83.0 cm³/mol. The van der Waals surface area contributed by atoms with Crippen molar-refractivity contribution in [3.63, 3.8) is 0 Å². The number of carbonyl (C=O) groups excluding carboxylic acids is 1. The van der Waals surface area contributed by atoms with Gasteiger partial charge >= 0.3 is 6.16 Å². The van der Waals surface area contributed by atoms with Crippen molar-refractivity contribution in [2.75, 3.05) is 26.2 Å². The van der Waals surface area contributed by atoms with Crippen LogP contribution < -0.4 is 0 Å². The number of fused-ring (bicyclic) bond motifs is 1. The molecule has 0 amide bonds. The van der Waals surface area contributed by atoms with Crippen molar-refractivity contribution in [1.29, 1.82) is 0 Å². The molecular formula is C17H24N2O3. The molecule has 5 nitrogen and oxygen atoms in total. The average Bonchev–Trinajstić information content (AvgIpc) is 3.02. The van der Waals surface area contributed by atoms with E-state index >= 15 is 0 Å². The smallest absolute Gasteiger partial charge is 0.433 e. The van der Waals surface area contributed by atoms with Crippen molar-refractivity contribution >= 4 is 6.16 Å². The van der Waals surface area contributed by atoms with Crippen LogP contribution in [0.1, 0.15) is 19.4 Å². The van der Waals surface area contributed by atoms with Gasteiger partial charge in [0.25, 0.3) is 0 Å². The Morgan fingerprint density at radius 2 is 2.00 bits per heavy atom. The standard InChI is InChI=1S/C17H24N2O3/c1-3-21-17(20)22-19-11-15-13(2)9-18(16(15)12-19)10-14-7-5-4-6-8-14/h4-8,13,15-16H,3,9-12H2,1-2H3. The molecule has 0 saturated carbocycles. The number of carbonyl (C=O) groups is 1. The highest BCUT2D eigenvalue weighted by Gasteiger charge is 2.46. The Labute approximate surface area is 131 Å². The second kappa shape index (κ2) is 6.67. The Balaban J connectivity index is 1.61. The number of hydrogen-bond acceptors (Lipinski definition) is 5. The third-order valence-electron chi connectivity index (χ3n) is 4.72. The minimum atomic E-state index is -0.593. The van der Waals surface area contributed by atoms with Gasteiger partial charge in [-0.2, -0.15) is 0 Å². The lowest BCUT2D eigenvalue weighted by atomic mass is 9.95. The Morgan fingerprint density at radius 1 is 1.23 bits per heavy atom. The van der Waals surface area contributed by atoms with Crippen molar-refractivity contribution in [2.24, 2.45) is 11.8 Å². The van der Waals surface area contributed by atoms with E-state index in [1.807, 2.05) is 6.07 Å². The third-order valence-corrected chi connectivity index (χ3v) is 4.72. The van der Waals surface area contributed by atoms with E-state index in [9.17, 15) is 4.79 Å². The highest BCUT2D eigenvalue weighted by molar-refractivity contribution is 5.59. The van der Waals surface area contributed by atoms with Crippen LogP contribution in [0.5, 0.6) is 0 Å². The van der Waals surface area contributed by atoms with Crippen LogP contribution in [-0.2, 0) is 16.1 Å². The highest BCUT2D eigenvalue weighted by Crippen LogP contribution is 2.36. The molecule has 0 radical (unpaired) electrons. The van der Waals surface area contributed by atoms with Gasteiger partial charge in [0.05, 0.1) is 13.2 Å². The van der Waals surface area contributed by atoms with E-state index in [2.05, 4.69) is 36.1 Å². The largest absolute Gasteiger partial charge is 0.527 e. The molecule has 2 aliphatic rings. The number of ether oxygens (including phenoxy) is 1. The molecule has 1 aromatic rings. The van der Waals surface area contributed by atoms with Crippen LogP contribution in [0.3, 0.4) is 0 Å². The summed E-state index contributed by atoms with van der Waals surface area (Å²) < 4.78 is 4.86. The van der Waals surface area contributed by atoms with Crippen molar-refractivity contribution in [3.8, 4) is 0 Å². The molecule has 5 heteroatoms. The first-order valence-corrected chi connectivity index (χ1v) is 8.05. The maximum atomic E-state index is 11.5. The van der Waals surface area contributed by atoms with Crippen LogP contribution in [0.4, 0.5) is 4.79 Å². The van der Waals surface area contributed by atoms with Crippen molar-refractivity contribution in [3.05, 3.63) is 35.9 Å².